The van der Waals surface area contributed by atoms with Crippen molar-refractivity contribution in [1.82, 2.24) is 4.90 Å². The number of ether oxygens (including phenoxy) is 3. The van der Waals surface area contributed by atoms with Gasteiger partial charge in [0.05, 0.1) is 33.3 Å². The number of aliphatic imine (C=N–C) groups is 1. The van der Waals surface area contributed by atoms with Crippen LogP contribution in [0.3, 0.4) is 0 Å². The van der Waals surface area contributed by atoms with Gasteiger partial charge in [-0.15, -0.1) is 0 Å². The highest BCUT2D eigenvalue weighted by atomic mass is 127. The van der Waals surface area contributed by atoms with Gasteiger partial charge in [0, 0.05) is 18.7 Å². The number of hydrogen-bond donors (Lipinski definition) is 0. The van der Waals surface area contributed by atoms with E-state index in [4.69, 9.17) is 14.2 Å². The molecule has 11 heteroatoms. The zero-order valence-corrected chi connectivity index (χ0v) is 23.8. The first-order valence-electron chi connectivity index (χ1n) is 11.5. The van der Waals surface area contributed by atoms with Crippen LogP contribution in [-0.2, 0) is 11.4 Å². The molecule has 1 aliphatic rings. The molecule has 38 heavy (non-hydrogen) atoms. The fraction of sp³-hybridized carbons (Fsp3) is 0.185. The van der Waals surface area contributed by atoms with Crippen molar-refractivity contribution in [3.63, 3.8) is 0 Å². The van der Waals surface area contributed by atoms with Crippen molar-refractivity contribution >= 4 is 62.9 Å². The highest BCUT2D eigenvalue weighted by Crippen LogP contribution is 2.38. The van der Waals surface area contributed by atoms with Crippen molar-refractivity contribution in [2.75, 3.05) is 20.8 Å². The number of nitro groups is 1. The Balaban J connectivity index is 1.57. The molecule has 0 aromatic heterocycles. The maximum Gasteiger partial charge on any atom is 0.269 e. The summed E-state index contributed by atoms with van der Waals surface area (Å²) in [5.41, 5.74) is 2.16. The first-order chi connectivity index (χ1) is 18.3. The quantitative estimate of drug-likeness (QED) is 0.115. The summed E-state index contributed by atoms with van der Waals surface area (Å²) in [6.07, 6.45) is 1.81. The van der Waals surface area contributed by atoms with Gasteiger partial charge in [0.2, 0.25) is 0 Å². The molecule has 4 rings (SSSR count). The molecule has 1 fully saturated rings. The average molecular weight is 645 g/mol. The van der Waals surface area contributed by atoms with Crippen LogP contribution in [0, 0.1) is 13.7 Å². The molecule has 3 aromatic carbocycles. The Morgan fingerprint density at radius 3 is 2.53 bits per heavy atom. The predicted octanol–water partition coefficient (Wildman–Crippen LogP) is 6.42. The Labute approximate surface area is 237 Å². The SMILES string of the molecule is CCN1C(=O)/C(=C\c2cc(I)c(OCc3cccc([N+](=O)[O-])c3)c(OC)c2)SC1=Nc1ccc(OC)cc1. The average Bonchev–Trinajstić information content (AvgIpc) is 3.21. The summed E-state index contributed by atoms with van der Waals surface area (Å²) in [5, 5.41) is 11.7. The second kappa shape index (κ2) is 12.3. The van der Waals surface area contributed by atoms with Crippen LogP contribution >= 0.6 is 34.4 Å². The number of thioether (sulfide) groups is 1. The summed E-state index contributed by atoms with van der Waals surface area (Å²) in [6.45, 7) is 2.54. The molecule has 0 radical (unpaired) electrons. The Hall–Kier alpha value is -3.58. The van der Waals surface area contributed by atoms with E-state index in [0.29, 0.717) is 33.7 Å². The van der Waals surface area contributed by atoms with Crippen LogP contribution in [0.25, 0.3) is 6.08 Å². The molecular weight excluding hydrogens is 621 g/mol. The molecule has 1 heterocycles. The molecule has 0 aliphatic carbocycles. The van der Waals surface area contributed by atoms with Gasteiger partial charge in [-0.05, 0) is 94.9 Å². The minimum Gasteiger partial charge on any atom is -0.497 e. The van der Waals surface area contributed by atoms with Crippen LogP contribution in [0.2, 0.25) is 0 Å². The molecule has 1 amide bonds. The molecule has 1 aliphatic heterocycles. The first kappa shape index (κ1) is 27.5. The molecule has 196 valence electrons. The monoisotopic (exact) mass is 645 g/mol. The van der Waals surface area contributed by atoms with Crippen LogP contribution in [0.4, 0.5) is 11.4 Å². The Kier molecular flexibility index (Phi) is 8.89. The van der Waals surface area contributed by atoms with Crippen molar-refractivity contribution in [2.45, 2.75) is 13.5 Å². The Morgan fingerprint density at radius 2 is 1.87 bits per heavy atom. The van der Waals surface area contributed by atoms with E-state index >= 15 is 0 Å². The van der Waals surface area contributed by atoms with E-state index in [2.05, 4.69) is 27.6 Å². The first-order valence-corrected chi connectivity index (χ1v) is 13.4. The van der Waals surface area contributed by atoms with Crippen molar-refractivity contribution in [2.24, 2.45) is 4.99 Å². The van der Waals surface area contributed by atoms with Crippen molar-refractivity contribution in [3.8, 4) is 17.2 Å². The van der Waals surface area contributed by atoms with Crippen LogP contribution in [0.1, 0.15) is 18.1 Å². The van der Waals surface area contributed by atoms with Gasteiger partial charge in [0.1, 0.15) is 12.4 Å². The van der Waals surface area contributed by atoms with Crippen molar-refractivity contribution in [3.05, 3.63) is 90.4 Å². The van der Waals surface area contributed by atoms with Gasteiger partial charge in [0.15, 0.2) is 16.7 Å². The molecule has 0 saturated carbocycles. The number of non-ortho nitro benzene ring substituents is 1. The summed E-state index contributed by atoms with van der Waals surface area (Å²) in [7, 11) is 3.14. The standard InChI is InChI=1S/C27H24IN3O6S/c1-4-30-26(32)24(38-27(30)29-19-8-10-21(35-2)11-9-19)15-18-13-22(28)25(23(14-18)36-3)37-16-17-6-5-7-20(12-17)31(33)34/h5-15H,4,16H2,1-3H3/b24-15+,29-27?. The molecule has 9 nitrogen and oxygen atoms in total. The number of carbonyl (C=O) groups excluding carboxylic acids is 1. The Bertz CT molecular complexity index is 1420. The molecular formula is C27H24IN3O6S. The molecule has 0 atom stereocenters. The minimum absolute atomic E-state index is 0.00416. The van der Waals surface area contributed by atoms with E-state index in [0.717, 1.165) is 20.6 Å². The highest BCUT2D eigenvalue weighted by molar-refractivity contribution is 14.1. The second-order valence-corrected chi connectivity index (χ2v) is 10.2. The fourth-order valence-electron chi connectivity index (χ4n) is 3.67. The summed E-state index contributed by atoms with van der Waals surface area (Å²) in [4.78, 5) is 30.6. The minimum atomic E-state index is -0.439. The number of methoxy groups -OCH3 is 2. The third-order valence-electron chi connectivity index (χ3n) is 5.56. The molecule has 1 saturated heterocycles. The second-order valence-electron chi connectivity index (χ2n) is 8.00. The summed E-state index contributed by atoms with van der Waals surface area (Å²) >= 11 is 3.46. The van der Waals surface area contributed by atoms with E-state index in [-0.39, 0.29) is 18.2 Å². The van der Waals surface area contributed by atoms with Gasteiger partial charge in [-0.2, -0.15) is 0 Å². The zero-order chi connectivity index (χ0) is 27.2. The zero-order valence-electron chi connectivity index (χ0n) is 20.8. The molecule has 0 bridgehead atoms. The third-order valence-corrected chi connectivity index (χ3v) is 7.36. The maximum atomic E-state index is 13.1. The molecule has 3 aromatic rings. The van der Waals surface area contributed by atoms with Crippen LogP contribution in [0.5, 0.6) is 17.2 Å². The Morgan fingerprint density at radius 1 is 1.11 bits per heavy atom. The third kappa shape index (κ3) is 6.27. The number of nitrogens with zero attached hydrogens (tertiary/aromatic N) is 3. The van der Waals surface area contributed by atoms with Gasteiger partial charge in [-0.25, -0.2) is 4.99 Å². The molecule has 0 N–H and O–H groups in total. The molecule has 0 unspecified atom stereocenters. The fourth-order valence-corrected chi connectivity index (χ4v) is 5.51. The van der Waals surface area contributed by atoms with E-state index in [9.17, 15) is 14.9 Å². The number of carbonyl (C=O) groups is 1. The maximum absolute atomic E-state index is 13.1. The normalized spacial score (nSPS) is 15.3. The topological polar surface area (TPSA) is 104 Å². The lowest BCUT2D eigenvalue weighted by molar-refractivity contribution is -0.384. The number of benzene rings is 3. The lowest BCUT2D eigenvalue weighted by Gasteiger charge is -2.14. The van der Waals surface area contributed by atoms with E-state index in [1.54, 1.807) is 36.3 Å². The van der Waals surface area contributed by atoms with E-state index in [1.165, 1.54) is 31.0 Å². The lowest BCUT2D eigenvalue weighted by atomic mass is 10.1. The van der Waals surface area contributed by atoms with Crippen LogP contribution in [-0.4, -0.2) is 41.7 Å². The number of nitro benzene ring substituents is 1. The van der Waals surface area contributed by atoms with Crippen LogP contribution < -0.4 is 14.2 Å². The van der Waals surface area contributed by atoms with Gasteiger partial charge in [-0.1, -0.05) is 12.1 Å². The summed E-state index contributed by atoms with van der Waals surface area (Å²) in [5.74, 6) is 1.62. The number of amides is 1. The van der Waals surface area contributed by atoms with E-state index in [1.807, 2.05) is 37.3 Å². The number of halogens is 1. The number of amidine groups is 1. The largest absolute Gasteiger partial charge is 0.497 e. The van der Waals surface area contributed by atoms with Gasteiger partial charge >= 0.3 is 0 Å². The number of likely N-dealkylation sites (N-methyl/N-ethyl adjacent to an activating group) is 1. The molecule has 0 spiro atoms. The summed E-state index contributed by atoms with van der Waals surface area (Å²) < 4.78 is 17.5. The highest BCUT2D eigenvalue weighted by Gasteiger charge is 2.32. The van der Waals surface area contributed by atoms with Gasteiger partial charge < -0.3 is 14.2 Å². The predicted molar refractivity (Wildman–Crippen MR) is 156 cm³/mol. The number of rotatable bonds is 9. The summed E-state index contributed by atoms with van der Waals surface area (Å²) in [6, 6.07) is 17.3. The van der Waals surface area contributed by atoms with E-state index < -0.39 is 4.92 Å². The van der Waals surface area contributed by atoms with Crippen LogP contribution in [0.15, 0.2) is 70.6 Å². The lowest BCUT2D eigenvalue weighted by Crippen LogP contribution is -2.28. The van der Waals surface area contributed by atoms with Gasteiger partial charge in [0.25, 0.3) is 11.6 Å². The number of hydrogen-bond acceptors (Lipinski definition) is 8. The smallest absolute Gasteiger partial charge is 0.269 e. The van der Waals surface area contributed by atoms with Crippen molar-refractivity contribution in [1.29, 1.82) is 0 Å². The van der Waals surface area contributed by atoms with Gasteiger partial charge in [-0.3, -0.25) is 19.8 Å². The van der Waals surface area contributed by atoms with Crippen molar-refractivity contribution < 1.29 is 23.9 Å².